The number of amides is 1. The summed E-state index contributed by atoms with van der Waals surface area (Å²) < 4.78 is 4.72. The van der Waals surface area contributed by atoms with Gasteiger partial charge in [-0.1, -0.05) is 6.07 Å². The largest absolute Gasteiger partial charge is 0.494 e. The molecule has 0 aliphatic rings. The van der Waals surface area contributed by atoms with Gasteiger partial charge in [0.25, 0.3) is 0 Å². The molecule has 0 saturated carbocycles. The maximum absolute atomic E-state index is 12.2. The van der Waals surface area contributed by atoms with Gasteiger partial charge in [-0.2, -0.15) is 0 Å². The minimum Gasteiger partial charge on any atom is -0.494 e. The van der Waals surface area contributed by atoms with Crippen LogP contribution >= 0.6 is 0 Å². The molecule has 1 heterocycles. The zero-order valence-corrected chi connectivity index (χ0v) is 17.3. The molecule has 156 valence electrons. The molecule has 0 aliphatic carbocycles. The highest BCUT2D eigenvalue weighted by Gasteiger charge is 2.13. The van der Waals surface area contributed by atoms with Crippen molar-refractivity contribution in [3.05, 3.63) is 53.6 Å². The lowest BCUT2D eigenvalue weighted by molar-refractivity contribution is -0.118. The minimum absolute atomic E-state index is 0.00806. The van der Waals surface area contributed by atoms with Gasteiger partial charge in [-0.25, -0.2) is 4.79 Å². The van der Waals surface area contributed by atoms with E-state index in [1.54, 1.807) is 48.5 Å². The number of H-pyrrole nitrogens is 1. The van der Waals surface area contributed by atoms with Crippen LogP contribution in [0.4, 0.5) is 11.4 Å². The third-order valence-electron chi connectivity index (χ3n) is 4.64. The van der Waals surface area contributed by atoms with E-state index >= 15 is 0 Å². The summed E-state index contributed by atoms with van der Waals surface area (Å²) in [5, 5.41) is 11.0. The second kappa shape index (κ2) is 8.79. The molecule has 1 amide bonds. The number of likely N-dealkylation sites (N-methyl/N-ethyl adjacent to an activating group) is 2. The van der Waals surface area contributed by atoms with E-state index in [0.717, 1.165) is 11.1 Å². The summed E-state index contributed by atoms with van der Waals surface area (Å²) in [5.41, 5.74) is 2.95. The predicted molar refractivity (Wildman–Crippen MR) is 117 cm³/mol. The quantitative estimate of drug-likeness (QED) is 0.483. The molecule has 3 rings (SSSR count). The molecule has 0 atom stereocenters. The summed E-state index contributed by atoms with van der Waals surface area (Å²) in [6, 6.07) is 12.2. The van der Waals surface area contributed by atoms with Crippen LogP contribution in [0.2, 0.25) is 0 Å². The minimum atomic E-state index is -0.449. The zero-order valence-electron chi connectivity index (χ0n) is 17.3. The number of aliphatic imine (C=N–C) groups is 1. The van der Waals surface area contributed by atoms with Crippen LogP contribution in [0.15, 0.2) is 47.5 Å². The lowest BCUT2D eigenvalue weighted by Gasteiger charge is -2.19. The van der Waals surface area contributed by atoms with Gasteiger partial charge in [0.15, 0.2) is 5.88 Å². The average molecular weight is 408 g/mol. The van der Waals surface area contributed by atoms with Crippen LogP contribution < -0.4 is 4.90 Å². The van der Waals surface area contributed by atoms with Crippen molar-refractivity contribution in [2.24, 2.45) is 4.99 Å². The van der Waals surface area contributed by atoms with Gasteiger partial charge in [0.2, 0.25) is 5.91 Å². The Hall–Kier alpha value is -3.65. The molecule has 0 spiro atoms. The number of esters is 1. The molecule has 30 heavy (non-hydrogen) atoms. The summed E-state index contributed by atoms with van der Waals surface area (Å²) in [4.78, 5) is 34.5. The maximum atomic E-state index is 12.2. The van der Waals surface area contributed by atoms with E-state index in [-0.39, 0.29) is 11.8 Å². The van der Waals surface area contributed by atoms with Gasteiger partial charge < -0.3 is 24.6 Å². The lowest BCUT2D eigenvalue weighted by atomic mass is 10.1. The van der Waals surface area contributed by atoms with E-state index in [0.29, 0.717) is 28.9 Å². The van der Waals surface area contributed by atoms with Crippen molar-refractivity contribution in [2.75, 3.05) is 39.7 Å². The van der Waals surface area contributed by atoms with Gasteiger partial charge in [-0.05, 0) is 50.5 Å². The SMILES string of the molecule is COC(=O)c1ccc2c(C=Nc3ccc(N(C)C(=O)CN(C)C)cc3)c(O)[nH]c2c1. The standard InChI is InChI=1S/C22H24N4O4/c1-25(2)13-20(27)26(3)16-8-6-15(7-9-16)23-12-18-17-10-5-14(22(29)30-4)11-19(17)24-21(18)28/h5-12,24,28H,13H2,1-4H3. The molecule has 2 N–H and O–H groups in total. The molecule has 0 fully saturated rings. The molecule has 0 saturated heterocycles. The smallest absolute Gasteiger partial charge is 0.337 e. The Morgan fingerprint density at radius 3 is 2.47 bits per heavy atom. The molecule has 8 nitrogen and oxygen atoms in total. The summed E-state index contributed by atoms with van der Waals surface area (Å²) in [6.45, 7) is 0.327. The average Bonchev–Trinajstić information content (AvgIpc) is 3.05. The number of carbonyl (C=O) groups excluding carboxylic acids is 2. The number of carbonyl (C=O) groups is 2. The number of ether oxygens (including phenoxy) is 1. The maximum Gasteiger partial charge on any atom is 0.337 e. The number of aromatic amines is 1. The van der Waals surface area contributed by atoms with Crippen LogP contribution in [0, 0.1) is 0 Å². The second-order valence-electron chi connectivity index (χ2n) is 7.10. The number of hydrogen-bond donors (Lipinski definition) is 2. The molecule has 0 aliphatic heterocycles. The number of anilines is 1. The normalized spacial score (nSPS) is 11.4. The number of hydrogen-bond acceptors (Lipinski definition) is 6. The van der Waals surface area contributed by atoms with Gasteiger partial charge in [-0.15, -0.1) is 0 Å². The van der Waals surface area contributed by atoms with Crippen molar-refractivity contribution >= 4 is 40.4 Å². The summed E-state index contributed by atoms with van der Waals surface area (Å²) in [5.74, 6) is -0.497. The van der Waals surface area contributed by atoms with E-state index in [2.05, 4.69) is 9.98 Å². The van der Waals surface area contributed by atoms with Crippen LogP contribution in [0.5, 0.6) is 5.88 Å². The highest BCUT2D eigenvalue weighted by Crippen LogP contribution is 2.28. The zero-order chi connectivity index (χ0) is 21.8. The fourth-order valence-electron chi connectivity index (χ4n) is 3.00. The van der Waals surface area contributed by atoms with Gasteiger partial charge in [0.05, 0.1) is 30.5 Å². The number of aromatic hydroxyl groups is 1. The van der Waals surface area contributed by atoms with E-state index in [1.165, 1.54) is 7.11 Å². The fraction of sp³-hybridized carbons (Fsp3) is 0.227. The summed E-state index contributed by atoms with van der Waals surface area (Å²) >= 11 is 0. The Bertz CT molecular complexity index is 1100. The molecule has 8 heteroatoms. The van der Waals surface area contributed by atoms with Gasteiger partial charge in [0, 0.05) is 29.9 Å². The van der Waals surface area contributed by atoms with Crippen molar-refractivity contribution in [3.63, 3.8) is 0 Å². The molecular weight excluding hydrogens is 384 g/mol. The van der Waals surface area contributed by atoms with Gasteiger partial charge >= 0.3 is 5.97 Å². The molecule has 2 aromatic carbocycles. The van der Waals surface area contributed by atoms with E-state index < -0.39 is 5.97 Å². The summed E-state index contributed by atoms with van der Waals surface area (Å²) in [7, 11) is 6.74. The number of fused-ring (bicyclic) bond motifs is 1. The Balaban J connectivity index is 1.80. The van der Waals surface area contributed by atoms with E-state index in [1.807, 2.05) is 31.1 Å². The van der Waals surface area contributed by atoms with Crippen molar-refractivity contribution in [1.29, 1.82) is 0 Å². The lowest BCUT2D eigenvalue weighted by Crippen LogP contribution is -2.34. The van der Waals surface area contributed by atoms with Crippen molar-refractivity contribution < 1.29 is 19.4 Å². The number of nitrogens with zero attached hydrogens (tertiary/aromatic N) is 3. The molecular formula is C22H24N4O4. The molecule has 1 aromatic heterocycles. The van der Waals surface area contributed by atoms with Crippen molar-refractivity contribution in [2.45, 2.75) is 0 Å². The highest BCUT2D eigenvalue weighted by molar-refractivity contribution is 6.04. The number of nitrogens with one attached hydrogen (secondary N) is 1. The van der Waals surface area contributed by atoms with Crippen LogP contribution in [0.25, 0.3) is 10.9 Å². The molecule has 0 radical (unpaired) electrons. The van der Waals surface area contributed by atoms with Crippen LogP contribution in [0.3, 0.4) is 0 Å². The number of aromatic nitrogens is 1. The Labute approximate surface area is 174 Å². The first-order chi connectivity index (χ1) is 14.3. The summed E-state index contributed by atoms with van der Waals surface area (Å²) in [6.07, 6.45) is 1.56. The van der Waals surface area contributed by atoms with Crippen molar-refractivity contribution in [1.82, 2.24) is 9.88 Å². The fourth-order valence-corrected chi connectivity index (χ4v) is 3.00. The van der Waals surface area contributed by atoms with Crippen LogP contribution in [-0.4, -0.2) is 67.9 Å². The Kier molecular flexibility index (Phi) is 6.17. The second-order valence-corrected chi connectivity index (χ2v) is 7.10. The van der Waals surface area contributed by atoms with E-state index in [4.69, 9.17) is 4.74 Å². The Morgan fingerprint density at radius 1 is 1.13 bits per heavy atom. The highest BCUT2D eigenvalue weighted by atomic mass is 16.5. The molecule has 0 unspecified atom stereocenters. The molecule has 3 aromatic rings. The van der Waals surface area contributed by atoms with Crippen molar-refractivity contribution in [3.8, 4) is 5.88 Å². The third-order valence-corrected chi connectivity index (χ3v) is 4.64. The first-order valence-corrected chi connectivity index (χ1v) is 9.28. The first-order valence-electron chi connectivity index (χ1n) is 9.28. The number of rotatable bonds is 6. The number of benzene rings is 2. The molecule has 0 bridgehead atoms. The monoisotopic (exact) mass is 408 g/mol. The third kappa shape index (κ3) is 4.49. The first kappa shape index (κ1) is 21.1. The van der Waals surface area contributed by atoms with Crippen LogP contribution in [0.1, 0.15) is 15.9 Å². The topological polar surface area (TPSA) is 98.2 Å². The predicted octanol–water partition coefficient (Wildman–Crippen LogP) is 2.94. The van der Waals surface area contributed by atoms with Crippen LogP contribution in [-0.2, 0) is 9.53 Å². The number of methoxy groups -OCH3 is 1. The van der Waals surface area contributed by atoms with E-state index in [9.17, 15) is 14.7 Å². The van der Waals surface area contributed by atoms with Gasteiger partial charge in [-0.3, -0.25) is 9.79 Å². The Morgan fingerprint density at radius 2 is 1.83 bits per heavy atom. The van der Waals surface area contributed by atoms with Gasteiger partial charge in [0.1, 0.15) is 0 Å².